The standard InChI is InChI=1S/C10H23NO2.CH5N/c1-5-9(12-7-3)11-10(6-2)13-8-4;1-2/h9-11H,5-8H2,1-4H3;2H2,1H3. The molecule has 0 rings (SSSR count). The van der Waals surface area contributed by atoms with Crippen molar-refractivity contribution in [1.82, 2.24) is 5.32 Å². The maximum Gasteiger partial charge on any atom is 0.109 e. The summed E-state index contributed by atoms with van der Waals surface area (Å²) < 4.78 is 11.0. The molecule has 0 fully saturated rings. The fourth-order valence-corrected chi connectivity index (χ4v) is 1.18. The SMILES string of the molecule is CCOC(CC)NC(CC)OCC.CN. The molecule has 0 saturated carbocycles. The van der Waals surface area contributed by atoms with Gasteiger partial charge < -0.3 is 15.2 Å². The summed E-state index contributed by atoms with van der Waals surface area (Å²) in [6, 6.07) is 0. The largest absolute Gasteiger partial charge is 0.364 e. The fourth-order valence-electron chi connectivity index (χ4n) is 1.18. The smallest absolute Gasteiger partial charge is 0.109 e. The lowest BCUT2D eigenvalue weighted by molar-refractivity contribution is -0.0412. The van der Waals surface area contributed by atoms with Gasteiger partial charge in [0.05, 0.1) is 0 Å². The van der Waals surface area contributed by atoms with Gasteiger partial charge in [-0.3, -0.25) is 5.32 Å². The van der Waals surface area contributed by atoms with E-state index >= 15 is 0 Å². The quantitative estimate of drug-likeness (QED) is 0.611. The zero-order chi connectivity index (χ0) is 12.1. The molecule has 0 amide bonds. The van der Waals surface area contributed by atoms with Gasteiger partial charge in [-0.1, -0.05) is 13.8 Å². The second kappa shape index (κ2) is 13.8. The molecule has 0 aliphatic carbocycles. The van der Waals surface area contributed by atoms with Crippen LogP contribution in [-0.2, 0) is 9.47 Å². The lowest BCUT2D eigenvalue weighted by Crippen LogP contribution is -2.41. The fraction of sp³-hybridized carbons (Fsp3) is 1.00. The Morgan fingerprint density at radius 3 is 1.40 bits per heavy atom. The summed E-state index contributed by atoms with van der Waals surface area (Å²) in [6.45, 7) is 9.71. The molecule has 0 spiro atoms. The van der Waals surface area contributed by atoms with Crippen molar-refractivity contribution in [2.45, 2.75) is 53.0 Å². The van der Waals surface area contributed by atoms with Crippen LogP contribution in [0.25, 0.3) is 0 Å². The highest BCUT2D eigenvalue weighted by molar-refractivity contribution is 4.57. The molecule has 0 aromatic heterocycles. The van der Waals surface area contributed by atoms with Crippen LogP contribution < -0.4 is 11.1 Å². The van der Waals surface area contributed by atoms with Crippen LogP contribution in [0.1, 0.15) is 40.5 Å². The Labute approximate surface area is 94.5 Å². The van der Waals surface area contributed by atoms with Crippen molar-refractivity contribution in [1.29, 1.82) is 0 Å². The summed E-state index contributed by atoms with van der Waals surface area (Å²) in [5, 5.41) is 3.31. The third kappa shape index (κ3) is 10.1. The number of hydrogen-bond donors (Lipinski definition) is 2. The molecule has 4 heteroatoms. The lowest BCUT2D eigenvalue weighted by Gasteiger charge is -2.23. The summed E-state index contributed by atoms with van der Waals surface area (Å²) in [5.41, 5.74) is 4.50. The molecule has 2 atom stereocenters. The third-order valence-electron chi connectivity index (χ3n) is 1.85. The van der Waals surface area contributed by atoms with Crippen LogP contribution in [0.5, 0.6) is 0 Å². The average molecular weight is 220 g/mol. The molecule has 0 bridgehead atoms. The van der Waals surface area contributed by atoms with Crippen LogP contribution in [-0.4, -0.2) is 32.7 Å². The van der Waals surface area contributed by atoms with E-state index in [2.05, 4.69) is 24.9 Å². The number of nitrogens with one attached hydrogen (secondary N) is 1. The highest BCUT2D eigenvalue weighted by atomic mass is 16.5. The Morgan fingerprint density at radius 2 is 1.20 bits per heavy atom. The van der Waals surface area contributed by atoms with Gasteiger partial charge in [0.25, 0.3) is 0 Å². The Bertz CT molecular complexity index is 101. The Kier molecular flexibility index (Phi) is 15.9. The van der Waals surface area contributed by atoms with Crippen LogP contribution in [0.4, 0.5) is 0 Å². The van der Waals surface area contributed by atoms with E-state index in [-0.39, 0.29) is 12.5 Å². The minimum Gasteiger partial charge on any atom is -0.364 e. The molecule has 4 nitrogen and oxygen atoms in total. The maximum absolute atomic E-state index is 5.48. The minimum atomic E-state index is 0.126. The molecular formula is C11H28N2O2. The van der Waals surface area contributed by atoms with Crippen LogP contribution >= 0.6 is 0 Å². The predicted molar refractivity (Wildman–Crippen MR) is 64.7 cm³/mol. The van der Waals surface area contributed by atoms with Crippen LogP contribution in [0, 0.1) is 0 Å². The van der Waals surface area contributed by atoms with Crippen molar-refractivity contribution in [2.75, 3.05) is 20.3 Å². The first-order valence-corrected chi connectivity index (χ1v) is 5.85. The molecule has 2 unspecified atom stereocenters. The van der Waals surface area contributed by atoms with E-state index in [0.717, 1.165) is 26.1 Å². The second-order valence-corrected chi connectivity index (χ2v) is 2.87. The summed E-state index contributed by atoms with van der Waals surface area (Å²) >= 11 is 0. The number of nitrogens with two attached hydrogens (primary N) is 1. The summed E-state index contributed by atoms with van der Waals surface area (Å²) in [4.78, 5) is 0. The van der Waals surface area contributed by atoms with Crippen LogP contribution in [0.3, 0.4) is 0 Å². The zero-order valence-electron chi connectivity index (χ0n) is 10.9. The average Bonchev–Trinajstić information content (AvgIpc) is 2.30. The number of rotatable bonds is 8. The van der Waals surface area contributed by atoms with E-state index < -0.39 is 0 Å². The van der Waals surface area contributed by atoms with E-state index in [1.54, 1.807) is 0 Å². The van der Waals surface area contributed by atoms with Gasteiger partial charge in [0.15, 0.2) is 0 Å². The third-order valence-corrected chi connectivity index (χ3v) is 1.85. The molecule has 0 aromatic rings. The lowest BCUT2D eigenvalue weighted by atomic mass is 10.3. The van der Waals surface area contributed by atoms with Crippen LogP contribution in [0.2, 0.25) is 0 Å². The molecule has 15 heavy (non-hydrogen) atoms. The van der Waals surface area contributed by atoms with Gasteiger partial charge in [-0.05, 0) is 33.7 Å². The Morgan fingerprint density at radius 1 is 0.867 bits per heavy atom. The van der Waals surface area contributed by atoms with Gasteiger partial charge in [-0.2, -0.15) is 0 Å². The first-order chi connectivity index (χ1) is 7.28. The highest BCUT2D eigenvalue weighted by Gasteiger charge is 2.11. The molecule has 0 heterocycles. The molecule has 3 N–H and O–H groups in total. The van der Waals surface area contributed by atoms with E-state index in [1.165, 1.54) is 7.05 Å². The highest BCUT2D eigenvalue weighted by Crippen LogP contribution is 2.00. The molecule has 0 aromatic carbocycles. The van der Waals surface area contributed by atoms with E-state index in [1.807, 2.05) is 13.8 Å². The first-order valence-electron chi connectivity index (χ1n) is 5.85. The van der Waals surface area contributed by atoms with Gasteiger partial charge in [-0.15, -0.1) is 0 Å². The molecule has 0 saturated heterocycles. The molecular weight excluding hydrogens is 192 g/mol. The number of ether oxygens (including phenoxy) is 2. The Hall–Kier alpha value is -0.160. The molecule has 0 aliphatic heterocycles. The molecule has 0 radical (unpaired) electrons. The van der Waals surface area contributed by atoms with E-state index in [9.17, 15) is 0 Å². The van der Waals surface area contributed by atoms with Gasteiger partial charge in [0.1, 0.15) is 12.5 Å². The molecule has 0 aliphatic rings. The monoisotopic (exact) mass is 220 g/mol. The maximum atomic E-state index is 5.48. The van der Waals surface area contributed by atoms with Gasteiger partial charge in [0, 0.05) is 13.2 Å². The first kappa shape index (κ1) is 17.2. The van der Waals surface area contributed by atoms with Gasteiger partial charge >= 0.3 is 0 Å². The normalized spacial score (nSPS) is 14.0. The summed E-state index contributed by atoms with van der Waals surface area (Å²) in [5.74, 6) is 0. The number of hydrogen-bond acceptors (Lipinski definition) is 4. The van der Waals surface area contributed by atoms with E-state index in [4.69, 9.17) is 9.47 Å². The Balaban J connectivity index is 0. The molecule has 94 valence electrons. The van der Waals surface area contributed by atoms with E-state index in [0.29, 0.717) is 0 Å². The van der Waals surface area contributed by atoms with Crippen molar-refractivity contribution in [3.8, 4) is 0 Å². The van der Waals surface area contributed by atoms with Crippen molar-refractivity contribution >= 4 is 0 Å². The topological polar surface area (TPSA) is 56.5 Å². The predicted octanol–water partition coefficient (Wildman–Crippen LogP) is 1.70. The minimum absolute atomic E-state index is 0.126. The zero-order valence-corrected chi connectivity index (χ0v) is 10.9. The van der Waals surface area contributed by atoms with Crippen molar-refractivity contribution in [3.05, 3.63) is 0 Å². The summed E-state index contributed by atoms with van der Waals surface area (Å²) in [7, 11) is 1.50. The van der Waals surface area contributed by atoms with Crippen molar-refractivity contribution < 1.29 is 9.47 Å². The summed E-state index contributed by atoms with van der Waals surface area (Å²) in [6.07, 6.45) is 2.19. The van der Waals surface area contributed by atoms with Gasteiger partial charge in [-0.25, -0.2) is 0 Å². The van der Waals surface area contributed by atoms with Gasteiger partial charge in [0.2, 0.25) is 0 Å². The van der Waals surface area contributed by atoms with Crippen molar-refractivity contribution in [2.24, 2.45) is 5.73 Å². The van der Waals surface area contributed by atoms with Crippen molar-refractivity contribution in [3.63, 3.8) is 0 Å². The van der Waals surface area contributed by atoms with Crippen LogP contribution in [0.15, 0.2) is 0 Å². The second-order valence-electron chi connectivity index (χ2n) is 2.87.